The fourth-order valence-corrected chi connectivity index (χ4v) is 3.14. The summed E-state index contributed by atoms with van der Waals surface area (Å²) in [6.07, 6.45) is 1.77. The van der Waals surface area contributed by atoms with Gasteiger partial charge in [0.1, 0.15) is 0 Å². The van der Waals surface area contributed by atoms with E-state index < -0.39 is 5.97 Å². The number of aromatic nitrogens is 2. The highest BCUT2D eigenvalue weighted by Crippen LogP contribution is 2.34. The van der Waals surface area contributed by atoms with Crippen LogP contribution in [0.4, 0.5) is 0 Å². The lowest BCUT2D eigenvalue weighted by Crippen LogP contribution is -1.99. The molecule has 0 bridgehead atoms. The van der Waals surface area contributed by atoms with Gasteiger partial charge in [-0.2, -0.15) is 0 Å². The first-order chi connectivity index (χ1) is 9.70. The molecule has 0 radical (unpaired) electrons. The zero-order valence-electron chi connectivity index (χ0n) is 11.1. The number of rotatable bonds is 2. The highest BCUT2D eigenvalue weighted by atomic mass is 32.1. The molecule has 0 amide bonds. The van der Waals surface area contributed by atoms with Gasteiger partial charge in [-0.25, -0.2) is 9.78 Å². The van der Waals surface area contributed by atoms with Crippen molar-refractivity contribution in [3.8, 4) is 10.4 Å². The number of benzene rings is 1. The standard InChI is InChI=1S/C15H12N2O2S/c1-9-13(20-14(17-9)15(18)19-2)11-7-8-16-12-6-4-3-5-10(11)12/h3-8H,1-2H3. The minimum atomic E-state index is -0.400. The Morgan fingerprint density at radius 3 is 2.85 bits per heavy atom. The number of hydrogen-bond donors (Lipinski definition) is 0. The second-order valence-corrected chi connectivity index (χ2v) is 5.30. The maximum Gasteiger partial charge on any atom is 0.367 e. The number of pyridine rings is 1. The maximum atomic E-state index is 11.6. The number of carbonyl (C=O) groups is 1. The molecule has 3 rings (SSSR count). The zero-order chi connectivity index (χ0) is 14.1. The Hall–Kier alpha value is -2.27. The van der Waals surface area contributed by atoms with Crippen LogP contribution in [0.2, 0.25) is 0 Å². The van der Waals surface area contributed by atoms with Gasteiger partial charge in [-0.3, -0.25) is 4.98 Å². The summed E-state index contributed by atoms with van der Waals surface area (Å²) >= 11 is 1.35. The smallest absolute Gasteiger partial charge is 0.367 e. The van der Waals surface area contributed by atoms with Crippen molar-refractivity contribution in [3.63, 3.8) is 0 Å². The quantitative estimate of drug-likeness (QED) is 0.676. The Balaban J connectivity index is 2.21. The monoisotopic (exact) mass is 284 g/mol. The van der Waals surface area contributed by atoms with Crippen molar-refractivity contribution in [1.82, 2.24) is 9.97 Å². The van der Waals surface area contributed by atoms with Gasteiger partial charge in [0.2, 0.25) is 5.01 Å². The summed E-state index contributed by atoms with van der Waals surface area (Å²) in [6, 6.07) is 9.87. The van der Waals surface area contributed by atoms with Gasteiger partial charge < -0.3 is 4.74 Å². The molecule has 3 aromatic rings. The first kappa shape index (κ1) is 12.7. The highest BCUT2D eigenvalue weighted by Gasteiger charge is 2.17. The molecule has 0 saturated heterocycles. The molecule has 5 heteroatoms. The summed E-state index contributed by atoms with van der Waals surface area (Å²) in [4.78, 5) is 21.2. The molecule has 0 spiro atoms. The minimum Gasteiger partial charge on any atom is -0.464 e. The summed E-state index contributed by atoms with van der Waals surface area (Å²) < 4.78 is 4.72. The molecule has 0 atom stereocenters. The molecule has 100 valence electrons. The summed E-state index contributed by atoms with van der Waals surface area (Å²) in [5, 5.41) is 1.43. The van der Waals surface area contributed by atoms with E-state index in [2.05, 4.69) is 9.97 Å². The van der Waals surface area contributed by atoms with Gasteiger partial charge in [-0.15, -0.1) is 11.3 Å². The first-order valence-corrected chi connectivity index (χ1v) is 6.92. The molecule has 0 fully saturated rings. The van der Waals surface area contributed by atoms with Crippen molar-refractivity contribution in [2.45, 2.75) is 6.92 Å². The minimum absolute atomic E-state index is 0.376. The van der Waals surface area contributed by atoms with Gasteiger partial charge in [-0.05, 0) is 19.1 Å². The number of aryl methyl sites for hydroxylation is 1. The van der Waals surface area contributed by atoms with E-state index >= 15 is 0 Å². The summed E-state index contributed by atoms with van der Waals surface area (Å²) in [5.74, 6) is -0.400. The number of ether oxygens (including phenoxy) is 1. The van der Waals surface area contributed by atoms with E-state index in [4.69, 9.17) is 4.74 Å². The fraction of sp³-hybridized carbons (Fsp3) is 0.133. The van der Waals surface area contributed by atoms with Crippen LogP contribution in [0.15, 0.2) is 36.5 Å². The van der Waals surface area contributed by atoms with Crippen LogP contribution in [0.3, 0.4) is 0 Å². The molecule has 0 N–H and O–H groups in total. The van der Waals surface area contributed by atoms with Gasteiger partial charge in [0.05, 0.1) is 23.2 Å². The largest absolute Gasteiger partial charge is 0.464 e. The number of para-hydroxylation sites is 1. The van der Waals surface area contributed by atoms with Gasteiger partial charge in [0.25, 0.3) is 0 Å². The average molecular weight is 284 g/mol. The molecular weight excluding hydrogens is 272 g/mol. The highest BCUT2D eigenvalue weighted by molar-refractivity contribution is 7.17. The lowest BCUT2D eigenvalue weighted by molar-refractivity contribution is 0.0600. The Bertz CT molecular complexity index is 790. The van der Waals surface area contributed by atoms with Gasteiger partial charge in [-0.1, -0.05) is 18.2 Å². The van der Waals surface area contributed by atoms with Crippen LogP contribution in [0, 0.1) is 6.92 Å². The fourth-order valence-electron chi connectivity index (χ4n) is 2.11. The third kappa shape index (κ3) is 2.06. The molecule has 0 saturated carbocycles. The average Bonchev–Trinajstić information content (AvgIpc) is 2.87. The zero-order valence-corrected chi connectivity index (χ0v) is 11.9. The second kappa shape index (κ2) is 5.02. The number of nitrogens with zero attached hydrogens (tertiary/aromatic N) is 2. The number of fused-ring (bicyclic) bond motifs is 1. The van der Waals surface area contributed by atoms with E-state index in [-0.39, 0.29) is 0 Å². The molecule has 0 unspecified atom stereocenters. The third-order valence-electron chi connectivity index (χ3n) is 3.05. The Labute approximate surface area is 120 Å². The van der Waals surface area contributed by atoms with Crippen molar-refractivity contribution >= 4 is 28.2 Å². The first-order valence-electron chi connectivity index (χ1n) is 6.10. The summed E-state index contributed by atoms with van der Waals surface area (Å²) in [7, 11) is 1.36. The Morgan fingerprint density at radius 1 is 1.25 bits per heavy atom. The van der Waals surface area contributed by atoms with E-state index in [1.165, 1.54) is 18.4 Å². The van der Waals surface area contributed by atoms with E-state index in [9.17, 15) is 4.79 Å². The summed E-state index contributed by atoms with van der Waals surface area (Å²) in [5.41, 5.74) is 2.80. The van der Waals surface area contributed by atoms with E-state index in [0.717, 1.165) is 27.0 Å². The number of esters is 1. The van der Waals surface area contributed by atoms with Crippen LogP contribution < -0.4 is 0 Å². The van der Waals surface area contributed by atoms with Crippen LogP contribution in [0.25, 0.3) is 21.3 Å². The molecule has 2 heterocycles. The molecule has 0 aliphatic rings. The van der Waals surface area contributed by atoms with Crippen molar-refractivity contribution in [1.29, 1.82) is 0 Å². The van der Waals surface area contributed by atoms with E-state index in [1.54, 1.807) is 6.20 Å². The number of methoxy groups -OCH3 is 1. The number of hydrogen-bond acceptors (Lipinski definition) is 5. The van der Waals surface area contributed by atoms with E-state index in [1.807, 2.05) is 37.3 Å². The third-order valence-corrected chi connectivity index (χ3v) is 4.22. The van der Waals surface area contributed by atoms with Crippen LogP contribution in [-0.4, -0.2) is 23.0 Å². The van der Waals surface area contributed by atoms with Crippen LogP contribution in [0.5, 0.6) is 0 Å². The SMILES string of the molecule is COC(=O)c1nc(C)c(-c2ccnc3ccccc23)s1. The predicted octanol–water partition coefficient (Wildman–Crippen LogP) is 3.45. The lowest BCUT2D eigenvalue weighted by atomic mass is 10.1. The second-order valence-electron chi connectivity index (χ2n) is 4.30. The topological polar surface area (TPSA) is 52.1 Å². The van der Waals surface area contributed by atoms with Crippen molar-refractivity contribution in [2.75, 3.05) is 7.11 Å². The van der Waals surface area contributed by atoms with Crippen molar-refractivity contribution in [2.24, 2.45) is 0 Å². The molecule has 0 aliphatic heterocycles. The number of carbonyl (C=O) groups excluding carboxylic acids is 1. The molecule has 20 heavy (non-hydrogen) atoms. The van der Waals surface area contributed by atoms with Crippen LogP contribution in [-0.2, 0) is 4.74 Å². The van der Waals surface area contributed by atoms with Gasteiger partial charge in [0.15, 0.2) is 0 Å². The van der Waals surface area contributed by atoms with Crippen LogP contribution in [0.1, 0.15) is 15.5 Å². The molecular formula is C15H12N2O2S. The Morgan fingerprint density at radius 2 is 2.05 bits per heavy atom. The van der Waals surface area contributed by atoms with Crippen molar-refractivity contribution in [3.05, 3.63) is 47.2 Å². The van der Waals surface area contributed by atoms with Gasteiger partial charge in [0, 0.05) is 17.1 Å². The normalized spacial score (nSPS) is 10.7. The van der Waals surface area contributed by atoms with Gasteiger partial charge >= 0.3 is 5.97 Å². The predicted molar refractivity (Wildman–Crippen MR) is 78.9 cm³/mol. The number of thiazole rings is 1. The molecule has 1 aromatic carbocycles. The van der Waals surface area contributed by atoms with E-state index in [0.29, 0.717) is 5.01 Å². The molecule has 2 aromatic heterocycles. The van der Waals surface area contributed by atoms with Crippen molar-refractivity contribution < 1.29 is 9.53 Å². The maximum absolute atomic E-state index is 11.6. The lowest BCUT2D eigenvalue weighted by Gasteiger charge is -2.03. The van der Waals surface area contributed by atoms with Crippen LogP contribution >= 0.6 is 11.3 Å². The molecule has 0 aliphatic carbocycles. The Kier molecular flexibility index (Phi) is 3.20. The molecule has 4 nitrogen and oxygen atoms in total. The summed E-state index contributed by atoms with van der Waals surface area (Å²) in [6.45, 7) is 1.90.